The second-order valence-electron chi connectivity index (χ2n) is 3.01. The highest BCUT2D eigenvalue weighted by molar-refractivity contribution is 5.79. The number of carboxylic acid groups (broad SMARTS) is 1. The molecule has 0 aromatic heterocycles. The molecule has 4 nitrogen and oxygen atoms in total. The van der Waals surface area contributed by atoms with Crippen molar-refractivity contribution in [2.45, 2.75) is 24.2 Å². The minimum absolute atomic E-state index is 0.605. The smallest absolute Gasteiger partial charge is 0.414 e. The quantitative estimate of drug-likeness (QED) is 0.629. The van der Waals surface area contributed by atoms with Crippen LogP contribution in [0.4, 0.5) is 13.2 Å². The van der Waals surface area contributed by atoms with E-state index < -0.39 is 36.8 Å². The van der Waals surface area contributed by atoms with Crippen LogP contribution in [0.15, 0.2) is 0 Å². The van der Waals surface area contributed by atoms with Gasteiger partial charge in [-0.2, -0.15) is 13.2 Å². The molecule has 0 amide bonds. The Labute approximate surface area is 71.5 Å². The van der Waals surface area contributed by atoms with E-state index in [0.717, 1.165) is 0 Å². The normalized spacial score (nSPS) is 34.9. The second-order valence-corrected chi connectivity index (χ2v) is 3.01. The van der Waals surface area contributed by atoms with Gasteiger partial charge in [0, 0.05) is 6.42 Å². The van der Waals surface area contributed by atoms with E-state index >= 15 is 0 Å². The van der Waals surface area contributed by atoms with Gasteiger partial charge in [-0.3, -0.25) is 4.79 Å². The van der Waals surface area contributed by atoms with Gasteiger partial charge in [0.15, 0.2) is 6.10 Å². The average molecular weight is 199 g/mol. The first-order chi connectivity index (χ1) is 5.76. The van der Waals surface area contributed by atoms with Crippen molar-refractivity contribution < 1.29 is 27.8 Å². The number of halogens is 3. The van der Waals surface area contributed by atoms with Gasteiger partial charge in [-0.1, -0.05) is 0 Å². The molecule has 1 saturated heterocycles. The van der Waals surface area contributed by atoms with Crippen LogP contribution in [0.1, 0.15) is 6.42 Å². The summed E-state index contributed by atoms with van der Waals surface area (Å²) in [7, 11) is 0. The zero-order chi connectivity index (χ0) is 10.3. The van der Waals surface area contributed by atoms with Crippen molar-refractivity contribution in [2.75, 3.05) is 6.61 Å². The lowest BCUT2D eigenvalue weighted by atomic mass is 9.97. The molecule has 0 unspecified atom stereocenters. The third-order valence-electron chi connectivity index (χ3n) is 1.88. The Morgan fingerprint density at radius 3 is 2.38 bits per heavy atom. The average Bonchev–Trinajstić information content (AvgIpc) is 2.31. The van der Waals surface area contributed by atoms with Crippen LogP contribution >= 0.6 is 0 Å². The number of carbonyl (C=O) groups is 1. The predicted molar refractivity (Wildman–Crippen MR) is 35.0 cm³/mol. The fraction of sp³-hybridized carbons (Fsp3) is 0.833. The molecule has 0 aromatic rings. The Morgan fingerprint density at radius 2 is 2.15 bits per heavy atom. The molecule has 1 fully saturated rings. The van der Waals surface area contributed by atoms with Gasteiger partial charge in [-0.25, -0.2) is 0 Å². The monoisotopic (exact) mass is 199 g/mol. The summed E-state index contributed by atoms with van der Waals surface area (Å²) >= 11 is 0. The molecule has 1 heterocycles. The lowest BCUT2D eigenvalue weighted by molar-refractivity contribution is -0.206. The molecule has 1 aliphatic heterocycles. The number of aliphatic carboxylic acids is 1. The van der Waals surface area contributed by atoms with Crippen molar-refractivity contribution in [2.24, 2.45) is 5.73 Å². The summed E-state index contributed by atoms with van der Waals surface area (Å²) in [5, 5.41) is 8.48. The van der Waals surface area contributed by atoms with Crippen molar-refractivity contribution in [3.63, 3.8) is 0 Å². The van der Waals surface area contributed by atoms with Crippen LogP contribution < -0.4 is 5.73 Å². The predicted octanol–water partition coefficient (Wildman–Crippen LogP) is 0.120. The number of hydrogen-bond acceptors (Lipinski definition) is 3. The zero-order valence-electron chi connectivity index (χ0n) is 6.47. The minimum atomic E-state index is -4.55. The van der Waals surface area contributed by atoms with E-state index in [1.807, 2.05) is 0 Å². The number of carboxylic acids is 1. The Hall–Kier alpha value is -0.820. The van der Waals surface area contributed by atoms with Crippen molar-refractivity contribution in [3.05, 3.63) is 0 Å². The van der Waals surface area contributed by atoms with Crippen molar-refractivity contribution in [3.8, 4) is 0 Å². The molecule has 0 spiro atoms. The summed E-state index contributed by atoms with van der Waals surface area (Å²) in [5.41, 5.74) is 3.26. The first-order valence-electron chi connectivity index (χ1n) is 3.46. The van der Waals surface area contributed by atoms with Crippen LogP contribution in [0.2, 0.25) is 0 Å². The highest BCUT2D eigenvalue weighted by Gasteiger charge is 2.53. The molecule has 0 bridgehead atoms. The molecule has 7 heteroatoms. The van der Waals surface area contributed by atoms with E-state index in [-0.39, 0.29) is 0 Å². The summed E-state index contributed by atoms with van der Waals surface area (Å²) in [6, 6.07) is 0. The van der Waals surface area contributed by atoms with Crippen LogP contribution in [0, 0.1) is 0 Å². The van der Waals surface area contributed by atoms with Gasteiger partial charge in [0.05, 0.1) is 6.61 Å². The van der Waals surface area contributed by atoms with E-state index in [1.54, 1.807) is 0 Å². The Bertz CT molecular complexity index is 230. The van der Waals surface area contributed by atoms with Gasteiger partial charge in [0.25, 0.3) is 0 Å². The number of hydrogen-bond donors (Lipinski definition) is 2. The van der Waals surface area contributed by atoms with E-state index in [1.165, 1.54) is 0 Å². The highest BCUT2D eigenvalue weighted by Crippen LogP contribution is 2.33. The van der Waals surface area contributed by atoms with E-state index in [0.29, 0.717) is 0 Å². The summed E-state index contributed by atoms with van der Waals surface area (Å²) in [6.07, 6.45) is -7.34. The Kier molecular flexibility index (Phi) is 2.25. The van der Waals surface area contributed by atoms with E-state index in [4.69, 9.17) is 10.8 Å². The molecule has 2 atom stereocenters. The van der Waals surface area contributed by atoms with Crippen molar-refractivity contribution >= 4 is 5.97 Å². The third kappa shape index (κ3) is 1.92. The molecule has 1 rings (SSSR count). The van der Waals surface area contributed by atoms with Gasteiger partial charge in [-0.05, 0) is 0 Å². The molecule has 0 saturated carbocycles. The van der Waals surface area contributed by atoms with Crippen molar-refractivity contribution in [1.29, 1.82) is 0 Å². The maximum Gasteiger partial charge on any atom is 0.414 e. The van der Waals surface area contributed by atoms with Crippen LogP contribution in [0.25, 0.3) is 0 Å². The number of alkyl halides is 3. The standard InChI is InChI=1S/C6H8F3NO3/c7-6(8,9)3-1-5(10,2-13-3)4(11)12/h3H,1-2,10H2,(H,11,12)/t3-,5-/m1/s1. The third-order valence-corrected chi connectivity index (χ3v) is 1.88. The molecule has 0 radical (unpaired) electrons. The summed E-state index contributed by atoms with van der Waals surface area (Å²) < 4.78 is 40.2. The Morgan fingerprint density at radius 1 is 1.62 bits per heavy atom. The maximum atomic E-state index is 12.0. The number of rotatable bonds is 1. The fourth-order valence-corrected chi connectivity index (χ4v) is 1.06. The van der Waals surface area contributed by atoms with Crippen molar-refractivity contribution in [1.82, 2.24) is 0 Å². The van der Waals surface area contributed by atoms with Gasteiger partial charge >= 0.3 is 12.1 Å². The summed E-state index contributed by atoms with van der Waals surface area (Å²) in [4.78, 5) is 10.4. The molecule has 13 heavy (non-hydrogen) atoms. The SMILES string of the molecule is N[C@@]1(C(=O)O)CO[C@@H](C(F)(F)F)C1. The van der Waals surface area contributed by atoms with Crippen LogP contribution in [-0.2, 0) is 9.53 Å². The van der Waals surface area contributed by atoms with Crippen LogP contribution in [0.3, 0.4) is 0 Å². The van der Waals surface area contributed by atoms with Gasteiger partial charge in [0.2, 0.25) is 0 Å². The second kappa shape index (κ2) is 2.85. The number of ether oxygens (including phenoxy) is 1. The maximum absolute atomic E-state index is 12.0. The molecule has 76 valence electrons. The fourth-order valence-electron chi connectivity index (χ4n) is 1.06. The molecule has 1 aliphatic rings. The van der Waals surface area contributed by atoms with Gasteiger partial charge in [0.1, 0.15) is 5.54 Å². The minimum Gasteiger partial charge on any atom is -0.480 e. The number of nitrogens with two attached hydrogens (primary N) is 1. The van der Waals surface area contributed by atoms with E-state index in [9.17, 15) is 18.0 Å². The van der Waals surface area contributed by atoms with E-state index in [2.05, 4.69) is 4.74 Å². The highest BCUT2D eigenvalue weighted by atomic mass is 19.4. The topological polar surface area (TPSA) is 72.6 Å². The summed E-state index contributed by atoms with van der Waals surface area (Å²) in [6.45, 7) is -0.605. The molecule has 3 N–H and O–H groups in total. The first-order valence-corrected chi connectivity index (χ1v) is 3.46. The van der Waals surface area contributed by atoms with Gasteiger partial charge in [-0.15, -0.1) is 0 Å². The molecular formula is C6H8F3NO3. The molecule has 0 aromatic carbocycles. The largest absolute Gasteiger partial charge is 0.480 e. The molecular weight excluding hydrogens is 191 g/mol. The lowest BCUT2D eigenvalue weighted by Gasteiger charge is -2.16. The summed E-state index contributed by atoms with van der Waals surface area (Å²) in [5.74, 6) is -1.47. The lowest BCUT2D eigenvalue weighted by Crippen LogP contribution is -2.49. The van der Waals surface area contributed by atoms with Gasteiger partial charge < -0.3 is 15.6 Å². The van der Waals surface area contributed by atoms with Crippen LogP contribution in [0.5, 0.6) is 0 Å². The first kappa shape index (κ1) is 10.3. The zero-order valence-corrected chi connectivity index (χ0v) is 6.47. The Balaban J connectivity index is 2.69. The molecule has 0 aliphatic carbocycles. The van der Waals surface area contributed by atoms with Crippen LogP contribution in [-0.4, -0.2) is 35.5 Å².